The van der Waals surface area contributed by atoms with Crippen LogP contribution < -0.4 is 4.90 Å². The molecule has 0 aliphatic heterocycles. The molecule has 1 saturated carbocycles. The van der Waals surface area contributed by atoms with Crippen LogP contribution in [-0.4, -0.2) is 13.1 Å². The molecule has 0 heterocycles. The van der Waals surface area contributed by atoms with Crippen molar-refractivity contribution in [3.8, 4) is 6.07 Å². The first kappa shape index (κ1) is 12.9. The fourth-order valence-corrected chi connectivity index (χ4v) is 2.97. The molecule has 1 aromatic carbocycles. The van der Waals surface area contributed by atoms with Crippen LogP contribution in [0.3, 0.4) is 0 Å². The van der Waals surface area contributed by atoms with Crippen LogP contribution in [-0.2, 0) is 0 Å². The predicted octanol–water partition coefficient (Wildman–Crippen LogP) is 3.71. The molecule has 96 valence electrons. The first-order chi connectivity index (χ1) is 8.65. The number of hydrogen-bond donors (Lipinski definition) is 0. The third kappa shape index (κ3) is 2.33. The van der Waals surface area contributed by atoms with Gasteiger partial charge in [0.05, 0.1) is 5.69 Å². The van der Waals surface area contributed by atoms with Crippen LogP contribution in [0.25, 0.3) is 0 Å². The number of anilines is 1. The molecule has 1 aliphatic rings. The van der Waals surface area contributed by atoms with Gasteiger partial charge in [-0.25, -0.2) is 4.39 Å². The molecule has 2 rings (SSSR count). The van der Waals surface area contributed by atoms with Gasteiger partial charge < -0.3 is 4.90 Å². The van der Waals surface area contributed by atoms with Crippen LogP contribution in [0.4, 0.5) is 10.1 Å². The van der Waals surface area contributed by atoms with Gasteiger partial charge in [-0.1, -0.05) is 25.8 Å². The molecule has 1 aliphatic carbocycles. The molecule has 1 aromatic rings. The Bertz CT molecular complexity index is 464. The van der Waals surface area contributed by atoms with Crippen molar-refractivity contribution in [1.82, 2.24) is 0 Å². The molecule has 0 bridgehead atoms. The van der Waals surface area contributed by atoms with Crippen LogP contribution in [0.2, 0.25) is 0 Å². The second-order valence-electron chi connectivity index (χ2n) is 5.19. The molecule has 3 heteroatoms. The topological polar surface area (TPSA) is 27.0 Å². The summed E-state index contributed by atoms with van der Waals surface area (Å²) in [7, 11) is 1.97. The van der Waals surface area contributed by atoms with Gasteiger partial charge >= 0.3 is 0 Å². The average Bonchev–Trinajstić information content (AvgIpc) is 2.38. The largest absolute Gasteiger partial charge is 0.370 e. The summed E-state index contributed by atoms with van der Waals surface area (Å²) in [6.07, 6.45) is 4.83. The Morgan fingerprint density at radius 2 is 2.06 bits per heavy atom. The summed E-state index contributed by atoms with van der Waals surface area (Å²) < 4.78 is 13.6. The van der Waals surface area contributed by atoms with E-state index >= 15 is 0 Å². The lowest BCUT2D eigenvalue weighted by molar-refractivity contribution is 0.321. The minimum atomic E-state index is -0.426. The van der Waals surface area contributed by atoms with Crippen LogP contribution in [0.15, 0.2) is 18.2 Å². The molecule has 0 N–H and O–H groups in total. The lowest BCUT2D eigenvalue weighted by atomic mass is 9.84. The highest BCUT2D eigenvalue weighted by atomic mass is 19.1. The molecule has 2 unspecified atom stereocenters. The summed E-state index contributed by atoms with van der Waals surface area (Å²) in [6, 6.07) is 7.25. The molecule has 2 nitrogen and oxygen atoms in total. The highest BCUT2D eigenvalue weighted by molar-refractivity contribution is 5.60. The van der Waals surface area contributed by atoms with Crippen molar-refractivity contribution < 1.29 is 4.39 Å². The highest BCUT2D eigenvalue weighted by Gasteiger charge is 2.26. The van der Waals surface area contributed by atoms with E-state index in [1.165, 1.54) is 25.3 Å². The predicted molar refractivity (Wildman–Crippen MR) is 70.9 cm³/mol. The van der Waals surface area contributed by atoms with Crippen molar-refractivity contribution in [3.63, 3.8) is 0 Å². The van der Waals surface area contributed by atoms with Gasteiger partial charge in [-0.05, 0) is 30.9 Å². The smallest absolute Gasteiger partial charge is 0.143 e. The normalized spacial score (nSPS) is 23.4. The molecule has 0 amide bonds. The highest BCUT2D eigenvalue weighted by Crippen LogP contribution is 2.32. The molecule has 2 atom stereocenters. The lowest BCUT2D eigenvalue weighted by Gasteiger charge is -2.38. The van der Waals surface area contributed by atoms with Gasteiger partial charge in [-0.3, -0.25) is 0 Å². The van der Waals surface area contributed by atoms with E-state index in [4.69, 9.17) is 5.26 Å². The zero-order valence-corrected chi connectivity index (χ0v) is 11.0. The molecule has 18 heavy (non-hydrogen) atoms. The van der Waals surface area contributed by atoms with E-state index in [0.717, 1.165) is 12.1 Å². The maximum Gasteiger partial charge on any atom is 0.143 e. The van der Waals surface area contributed by atoms with Gasteiger partial charge in [0.1, 0.15) is 17.4 Å². The van der Waals surface area contributed by atoms with Crippen molar-refractivity contribution in [2.24, 2.45) is 5.92 Å². The lowest BCUT2D eigenvalue weighted by Crippen LogP contribution is -2.39. The Labute approximate surface area is 108 Å². The molecular weight excluding hydrogens is 227 g/mol. The first-order valence-electron chi connectivity index (χ1n) is 6.56. The molecular formula is C15H19FN2. The number of nitrogens with zero attached hydrogens (tertiary/aromatic N) is 2. The fraction of sp³-hybridized carbons (Fsp3) is 0.533. The zero-order valence-electron chi connectivity index (χ0n) is 11.0. The number of halogens is 1. The standard InChI is InChI=1S/C15H19FN2/c1-11-6-3-4-8-14(11)18(2)15-9-5-7-13(16)12(15)10-17/h5,7,9,11,14H,3-4,6,8H2,1-2H3. The van der Waals surface area contributed by atoms with Crippen LogP contribution in [0.5, 0.6) is 0 Å². The summed E-state index contributed by atoms with van der Waals surface area (Å²) in [5, 5.41) is 9.10. The average molecular weight is 246 g/mol. The Hall–Kier alpha value is -1.56. The van der Waals surface area contributed by atoms with Gasteiger partial charge in [0.25, 0.3) is 0 Å². The second-order valence-corrected chi connectivity index (χ2v) is 5.19. The molecule has 0 saturated heterocycles. The molecule has 0 radical (unpaired) electrons. The Kier molecular flexibility index (Phi) is 3.86. The zero-order chi connectivity index (χ0) is 13.1. The maximum absolute atomic E-state index is 13.6. The second kappa shape index (κ2) is 5.39. The monoisotopic (exact) mass is 246 g/mol. The maximum atomic E-state index is 13.6. The van der Waals surface area contributed by atoms with Gasteiger partial charge in [0.2, 0.25) is 0 Å². The molecule has 1 fully saturated rings. The van der Waals surface area contributed by atoms with E-state index in [1.807, 2.05) is 19.2 Å². The summed E-state index contributed by atoms with van der Waals surface area (Å²) in [5.41, 5.74) is 0.883. The Balaban J connectivity index is 2.31. The minimum Gasteiger partial charge on any atom is -0.370 e. The number of benzene rings is 1. The molecule has 0 spiro atoms. The fourth-order valence-electron chi connectivity index (χ4n) is 2.97. The SMILES string of the molecule is CC1CCCCC1N(C)c1cccc(F)c1C#N. The number of hydrogen-bond acceptors (Lipinski definition) is 2. The van der Waals surface area contributed by atoms with E-state index < -0.39 is 5.82 Å². The minimum absolute atomic E-state index is 0.165. The van der Waals surface area contributed by atoms with Gasteiger partial charge in [0, 0.05) is 13.1 Å². The van der Waals surface area contributed by atoms with E-state index in [1.54, 1.807) is 6.07 Å². The summed E-state index contributed by atoms with van der Waals surface area (Å²) in [4.78, 5) is 2.09. The number of rotatable bonds is 2. The van der Waals surface area contributed by atoms with Crippen LogP contribution in [0.1, 0.15) is 38.2 Å². The van der Waals surface area contributed by atoms with E-state index in [9.17, 15) is 4.39 Å². The van der Waals surface area contributed by atoms with Crippen LogP contribution >= 0.6 is 0 Å². The Morgan fingerprint density at radius 3 is 2.72 bits per heavy atom. The van der Waals surface area contributed by atoms with Gasteiger partial charge in [-0.15, -0.1) is 0 Å². The van der Waals surface area contributed by atoms with Crippen molar-refractivity contribution in [2.75, 3.05) is 11.9 Å². The summed E-state index contributed by atoms with van der Waals surface area (Å²) in [5.74, 6) is 0.170. The van der Waals surface area contributed by atoms with Crippen molar-refractivity contribution in [1.29, 1.82) is 5.26 Å². The van der Waals surface area contributed by atoms with E-state index in [2.05, 4.69) is 11.8 Å². The quantitative estimate of drug-likeness (QED) is 0.795. The Morgan fingerprint density at radius 1 is 1.33 bits per heavy atom. The van der Waals surface area contributed by atoms with Crippen LogP contribution in [0, 0.1) is 23.1 Å². The van der Waals surface area contributed by atoms with Gasteiger partial charge in [-0.2, -0.15) is 5.26 Å². The third-order valence-electron chi connectivity index (χ3n) is 4.05. The van der Waals surface area contributed by atoms with Gasteiger partial charge in [0.15, 0.2) is 0 Å². The summed E-state index contributed by atoms with van der Waals surface area (Å²) in [6.45, 7) is 2.24. The summed E-state index contributed by atoms with van der Waals surface area (Å²) >= 11 is 0. The molecule has 0 aromatic heterocycles. The third-order valence-corrected chi connectivity index (χ3v) is 4.05. The van der Waals surface area contributed by atoms with E-state index in [0.29, 0.717) is 12.0 Å². The van der Waals surface area contributed by atoms with Crippen molar-refractivity contribution in [3.05, 3.63) is 29.6 Å². The van der Waals surface area contributed by atoms with Crippen molar-refractivity contribution in [2.45, 2.75) is 38.6 Å². The van der Waals surface area contributed by atoms with Crippen molar-refractivity contribution >= 4 is 5.69 Å². The first-order valence-corrected chi connectivity index (χ1v) is 6.56. The van der Waals surface area contributed by atoms with E-state index in [-0.39, 0.29) is 5.56 Å². The number of nitriles is 1.